The Bertz CT molecular complexity index is 339. The minimum atomic E-state index is -0.777. The second-order valence-electron chi connectivity index (χ2n) is 5.79. The van der Waals surface area contributed by atoms with Gasteiger partial charge in [0.1, 0.15) is 0 Å². The van der Waals surface area contributed by atoms with Crippen molar-refractivity contribution in [1.82, 2.24) is 10.2 Å². The van der Waals surface area contributed by atoms with Crippen molar-refractivity contribution in [2.45, 2.75) is 39.0 Å². The number of piperidine rings is 1. The third kappa shape index (κ3) is 2.60. The largest absolute Gasteiger partial charge is 0.481 e. The van der Waals surface area contributed by atoms with Crippen molar-refractivity contribution < 1.29 is 14.7 Å². The van der Waals surface area contributed by atoms with Crippen LogP contribution in [0.2, 0.25) is 0 Å². The van der Waals surface area contributed by atoms with E-state index < -0.39 is 11.4 Å². The molecule has 1 heterocycles. The summed E-state index contributed by atoms with van der Waals surface area (Å²) >= 11 is 0. The van der Waals surface area contributed by atoms with Crippen LogP contribution in [0.4, 0.5) is 4.79 Å². The molecule has 102 valence electrons. The molecule has 2 rings (SSSR count). The number of hydrogen-bond donors (Lipinski definition) is 2. The number of rotatable bonds is 3. The predicted octanol–water partition coefficient (Wildman–Crippen LogP) is 1.68. The summed E-state index contributed by atoms with van der Waals surface area (Å²) in [6.07, 6.45) is 4.52. The van der Waals surface area contributed by atoms with Crippen LogP contribution in [0.1, 0.15) is 39.0 Å². The lowest BCUT2D eigenvalue weighted by atomic mass is 9.69. The van der Waals surface area contributed by atoms with E-state index in [0.717, 1.165) is 25.9 Å². The zero-order valence-electron chi connectivity index (χ0n) is 10.9. The quantitative estimate of drug-likeness (QED) is 0.805. The van der Waals surface area contributed by atoms with Crippen LogP contribution < -0.4 is 5.32 Å². The van der Waals surface area contributed by atoms with Gasteiger partial charge in [-0.1, -0.05) is 13.3 Å². The molecule has 1 aliphatic carbocycles. The summed E-state index contributed by atoms with van der Waals surface area (Å²) in [7, 11) is 0. The topological polar surface area (TPSA) is 69.6 Å². The molecular weight excluding hydrogens is 232 g/mol. The van der Waals surface area contributed by atoms with E-state index in [4.69, 9.17) is 0 Å². The first-order valence-electron chi connectivity index (χ1n) is 6.80. The van der Waals surface area contributed by atoms with Crippen molar-refractivity contribution in [2.24, 2.45) is 11.3 Å². The molecule has 0 aromatic rings. The van der Waals surface area contributed by atoms with Gasteiger partial charge in [-0.15, -0.1) is 0 Å². The lowest BCUT2D eigenvalue weighted by Crippen LogP contribution is -2.52. The molecule has 2 fully saturated rings. The first-order chi connectivity index (χ1) is 8.53. The molecule has 1 unspecified atom stereocenters. The molecule has 0 aromatic carbocycles. The number of likely N-dealkylation sites (tertiary alicyclic amines) is 1. The lowest BCUT2D eigenvalue weighted by molar-refractivity contribution is -0.153. The molecule has 5 heteroatoms. The zero-order valence-corrected chi connectivity index (χ0v) is 10.9. The first-order valence-corrected chi connectivity index (χ1v) is 6.80. The monoisotopic (exact) mass is 254 g/mol. The summed E-state index contributed by atoms with van der Waals surface area (Å²) < 4.78 is 0. The van der Waals surface area contributed by atoms with E-state index in [1.165, 1.54) is 6.42 Å². The predicted molar refractivity (Wildman–Crippen MR) is 67.3 cm³/mol. The molecule has 0 spiro atoms. The van der Waals surface area contributed by atoms with E-state index in [0.29, 0.717) is 18.8 Å². The summed E-state index contributed by atoms with van der Waals surface area (Å²) in [6.45, 7) is 3.98. The van der Waals surface area contributed by atoms with Gasteiger partial charge in [-0.2, -0.15) is 0 Å². The molecular formula is C13H22N2O3. The first kappa shape index (κ1) is 13.2. The summed E-state index contributed by atoms with van der Waals surface area (Å²) in [5, 5.41) is 12.0. The smallest absolute Gasteiger partial charge is 0.317 e. The Morgan fingerprint density at radius 3 is 2.61 bits per heavy atom. The molecule has 2 aliphatic rings. The van der Waals surface area contributed by atoms with E-state index in [1.807, 2.05) is 4.90 Å². The highest BCUT2D eigenvalue weighted by atomic mass is 16.4. The number of nitrogens with one attached hydrogen (secondary N) is 1. The van der Waals surface area contributed by atoms with E-state index in [-0.39, 0.29) is 12.6 Å². The summed E-state index contributed by atoms with van der Waals surface area (Å²) in [5.41, 5.74) is -0.697. The number of carbonyl (C=O) groups excluding carboxylic acids is 1. The van der Waals surface area contributed by atoms with Gasteiger partial charge in [-0.05, 0) is 31.6 Å². The molecule has 0 aromatic heterocycles. The highest BCUT2D eigenvalue weighted by Gasteiger charge is 2.44. The number of hydrogen-bond acceptors (Lipinski definition) is 2. The fourth-order valence-corrected chi connectivity index (χ4v) is 2.80. The van der Waals surface area contributed by atoms with Crippen molar-refractivity contribution in [1.29, 1.82) is 0 Å². The Balaban J connectivity index is 1.82. The third-order valence-electron chi connectivity index (χ3n) is 4.29. The van der Waals surface area contributed by atoms with Crippen LogP contribution in [0.3, 0.4) is 0 Å². The van der Waals surface area contributed by atoms with Gasteiger partial charge in [0, 0.05) is 19.6 Å². The normalized spacial score (nSPS) is 26.3. The van der Waals surface area contributed by atoms with Gasteiger partial charge in [0.15, 0.2) is 0 Å². The second-order valence-corrected chi connectivity index (χ2v) is 5.79. The minimum Gasteiger partial charge on any atom is -0.481 e. The van der Waals surface area contributed by atoms with Crippen molar-refractivity contribution in [3.8, 4) is 0 Å². The fraction of sp³-hybridized carbons (Fsp3) is 0.846. The van der Waals surface area contributed by atoms with Gasteiger partial charge >= 0.3 is 12.0 Å². The molecule has 5 nitrogen and oxygen atoms in total. The van der Waals surface area contributed by atoms with E-state index in [1.54, 1.807) is 0 Å². The molecule has 18 heavy (non-hydrogen) atoms. The van der Waals surface area contributed by atoms with Crippen LogP contribution in [0.25, 0.3) is 0 Å². The maximum atomic E-state index is 12.0. The summed E-state index contributed by atoms with van der Waals surface area (Å²) in [5.74, 6) is -0.234. The fourth-order valence-electron chi connectivity index (χ4n) is 2.80. The molecule has 1 saturated carbocycles. The van der Waals surface area contributed by atoms with Crippen LogP contribution in [-0.2, 0) is 4.79 Å². The second kappa shape index (κ2) is 5.16. The standard InChI is InChI=1S/C13H22N2O3/c1-10-4-2-7-15(8-10)12(18)14-9-13(11(16)17)5-3-6-13/h10H,2-9H2,1H3,(H,14,18)(H,16,17). The summed E-state index contributed by atoms with van der Waals surface area (Å²) in [6, 6.07) is -0.103. The van der Waals surface area contributed by atoms with Gasteiger partial charge < -0.3 is 15.3 Å². The lowest BCUT2D eigenvalue weighted by Gasteiger charge is -2.38. The number of carboxylic acids is 1. The van der Waals surface area contributed by atoms with Gasteiger partial charge in [0.2, 0.25) is 0 Å². The number of amides is 2. The molecule has 2 N–H and O–H groups in total. The van der Waals surface area contributed by atoms with E-state index in [9.17, 15) is 14.7 Å². The van der Waals surface area contributed by atoms with Gasteiger partial charge in [-0.3, -0.25) is 4.79 Å². The highest BCUT2D eigenvalue weighted by molar-refractivity contribution is 5.79. The van der Waals surface area contributed by atoms with Crippen LogP contribution in [-0.4, -0.2) is 41.6 Å². The molecule has 1 atom stereocenters. The average Bonchev–Trinajstić information content (AvgIpc) is 2.26. The Morgan fingerprint density at radius 1 is 1.39 bits per heavy atom. The SMILES string of the molecule is CC1CCCN(C(=O)NCC2(C(=O)O)CCC2)C1. The molecule has 2 amide bonds. The van der Waals surface area contributed by atoms with Crippen molar-refractivity contribution >= 4 is 12.0 Å². The Labute approximate surface area is 108 Å². The maximum absolute atomic E-state index is 12.0. The maximum Gasteiger partial charge on any atom is 0.317 e. The molecule has 0 radical (unpaired) electrons. The molecule has 1 aliphatic heterocycles. The number of carbonyl (C=O) groups is 2. The Morgan fingerprint density at radius 2 is 2.11 bits per heavy atom. The highest BCUT2D eigenvalue weighted by Crippen LogP contribution is 2.40. The van der Waals surface area contributed by atoms with Crippen LogP contribution in [0, 0.1) is 11.3 Å². The van der Waals surface area contributed by atoms with Gasteiger partial charge in [0.25, 0.3) is 0 Å². The number of aliphatic carboxylic acids is 1. The third-order valence-corrected chi connectivity index (χ3v) is 4.29. The Hall–Kier alpha value is -1.26. The minimum absolute atomic E-state index is 0.103. The number of urea groups is 1. The van der Waals surface area contributed by atoms with Crippen molar-refractivity contribution in [2.75, 3.05) is 19.6 Å². The van der Waals surface area contributed by atoms with E-state index >= 15 is 0 Å². The zero-order chi connectivity index (χ0) is 13.2. The van der Waals surface area contributed by atoms with Gasteiger partial charge in [-0.25, -0.2) is 4.79 Å². The van der Waals surface area contributed by atoms with Crippen LogP contribution >= 0.6 is 0 Å². The van der Waals surface area contributed by atoms with Gasteiger partial charge in [0.05, 0.1) is 5.41 Å². The number of carboxylic acid groups (broad SMARTS) is 1. The summed E-state index contributed by atoms with van der Waals surface area (Å²) in [4.78, 5) is 25.0. The average molecular weight is 254 g/mol. The molecule has 1 saturated heterocycles. The van der Waals surface area contributed by atoms with E-state index in [2.05, 4.69) is 12.2 Å². The van der Waals surface area contributed by atoms with Crippen LogP contribution in [0.15, 0.2) is 0 Å². The number of nitrogens with zero attached hydrogens (tertiary/aromatic N) is 1. The Kier molecular flexibility index (Phi) is 3.78. The van der Waals surface area contributed by atoms with Crippen LogP contribution in [0.5, 0.6) is 0 Å². The molecule has 0 bridgehead atoms. The van der Waals surface area contributed by atoms with Crippen molar-refractivity contribution in [3.63, 3.8) is 0 Å². The van der Waals surface area contributed by atoms with Crippen molar-refractivity contribution in [3.05, 3.63) is 0 Å².